The van der Waals surface area contributed by atoms with Gasteiger partial charge in [-0.2, -0.15) is 0 Å². The van der Waals surface area contributed by atoms with Crippen molar-refractivity contribution in [3.05, 3.63) is 64.9 Å². The van der Waals surface area contributed by atoms with Crippen molar-refractivity contribution in [2.24, 2.45) is 0 Å². The molecule has 2 aromatic rings. The largest absolute Gasteiger partial charge is 0.456 e. The number of esters is 1. The van der Waals surface area contributed by atoms with Crippen LogP contribution in [0.3, 0.4) is 0 Å². The Morgan fingerprint density at radius 1 is 0.963 bits per heavy atom. The van der Waals surface area contributed by atoms with Crippen LogP contribution in [0.4, 0.5) is 5.69 Å². The Bertz CT molecular complexity index is 992. The number of carbonyl (C=O) groups excluding carboxylic acids is 2. The summed E-state index contributed by atoms with van der Waals surface area (Å²) in [6.45, 7) is 2.28. The first kappa shape index (κ1) is 15.9. The molecule has 0 unspecified atom stereocenters. The third-order valence-corrected chi connectivity index (χ3v) is 5.21. The number of hydrogen-bond acceptors (Lipinski definition) is 5. The van der Waals surface area contributed by atoms with E-state index in [0.717, 1.165) is 16.8 Å². The van der Waals surface area contributed by atoms with Crippen molar-refractivity contribution in [1.82, 2.24) is 0 Å². The molecule has 136 valence electrons. The summed E-state index contributed by atoms with van der Waals surface area (Å²) in [5.41, 5.74) is 3.88. The van der Waals surface area contributed by atoms with Gasteiger partial charge in [-0.05, 0) is 36.8 Å². The van der Waals surface area contributed by atoms with Crippen LogP contribution in [0.15, 0.2) is 53.7 Å². The Kier molecular flexibility index (Phi) is 3.47. The van der Waals surface area contributed by atoms with Crippen molar-refractivity contribution < 1.29 is 23.8 Å². The first-order chi connectivity index (χ1) is 13.1. The van der Waals surface area contributed by atoms with E-state index in [1.54, 1.807) is 4.90 Å². The Morgan fingerprint density at radius 2 is 1.74 bits per heavy atom. The second kappa shape index (κ2) is 5.87. The zero-order valence-electron chi connectivity index (χ0n) is 14.7. The number of ether oxygens (including phenoxy) is 3. The topological polar surface area (TPSA) is 65.1 Å². The minimum atomic E-state index is -0.364. The van der Waals surface area contributed by atoms with E-state index in [1.165, 1.54) is 0 Å². The third-order valence-electron chi connectivity index (χ3n) is 5.21. The standard InChI is InChI=1S/C21H17NO5/c1-12-2-5-14(6-3-12)22-16-10-25-21(24)20(16)15(9-19(22)23)13-4-7-17-18(8-13)27-11-26-17/h2-8,15H,9-11H2,1H3/t15-/m1/s1. The van der Waals surface area contributed by atoms with Gasteiger partial charge in [0.05, 0.1) is 11.3 Å². The van der Waals surface area contributed by atoms with E-state index in [0.29, 0.717) is 22.8 Å². The smallest absolute Gasteiger partial charge is 0.336 e. The van der Waals surface area contributed by atoms with Crippen molar-refractivity contribution in [3.8, 4) is 11.5 Å². The zero-order valence-corrected chi connectivity index (χ0v) is 14.7. The molecule has 3 heterocycles. The van der Waals surface area contributed by atoms with Crippen LogP contribution in [0, 0.1) is 6.92 Å². The lowest BCUT2D eigenvalue weighted by molar-refractivity contribution is -0.136. The van der Waals surface area contributed by atoms with E-state index in [-0.39, 0.29) is 37.6 Å². The second-order valence-electron chi connectivity index (χ2n) is 6.87. The fourth-order valence-corrected chi connectivity index (χ4v) is 3.86. The summed E-state index contributed by atoms with van der Waals surface area (Å²) in [5, 5.41) is 0. The van der Waals surface area contributed by atoms with Gasteiger partial charge in [-0.1, -0.05) is 23.8 Å². The number of benzene rings is 2. The van der Waals surface area contributed by atoms with Crippen LogP contribution >= 0.6 is 0 Å². The molecular weight excluding hydrogens is 346 g/mol. The van der Waals surface area contributed by atoms with E-state index >= 15 is 0 Å². The lowest BCUT2D eigenvalue weighted by atomic mass is 9.84. The molecule has 6 heteroatoms. The number of aryl methyl sites for hydroxylation is 1. The van der Waals surface area contributed by atoms with Crippen LogP contribution in [0.1, 0.15) is 23.5 Å². The van der Waals surface area contributed by atoms with E-state index in [4.69, 9.17) is 14.2 Å². The molecule has 2 aromatic carbocycles. The van der Waals surface area contributed by atoms with Gasteiger partial charge in [-0.3, -0.25) is 9.69 Å². The van der Waals surface area contributed by atoms with Crippen molar-refractivity contribution in [2.45, 2.75) is 19.3 Å². The van der Waals surface area contributed by atoms with Gasteiger partial charge in [0.25, 0.3) is 0 Å². The zero-order chi connectivity index (χ0) is 18.5. The lowest BCUT2D eigenvalue weighted by Crippen LogP contribution is -2.37. The van der Waals surface area contributed by atoms with Gasteiger partial charge in [-0.15, -0.1) is 0 Å². The van der Waals surface area contributed by atoms with Gasteiger partial charge in [0.15, 0.2) is 11.5 Å². The Labute approximate surface area is 155 Å². The molecule has 1 atom stereocenters. The van der Waals surface area contributed by atoms with Crippen LogP contribution in [0.5, 0.6) is 11.5 Å². The number of amides is 1. The van der Waals surface area contributed by atoms with Crippen molar-refractivity contribution in [2.75, 3.05) is 18.3 Å². The molecule has 0 N–H and O–H groups in total. The summed E-state index contributed by atoms with van der Waals surface area (Å²) in [7, 11) is 0. The molecule has 0 spiro atoms. The van der Waals surface area contributed by atoms with Gasteiger partial charge >= 0.3 is 5.97 Å². The second-order valence-corrected chi connectivity index (χ2v) is 6.87. The highest BCUT2D eigenvalue weighted by atomic mass is 16.7. The highest BCUT2D eigenvalue weighted by molar-refractivity contribution is 6.06. The maximum atomic E-state index is 13.0. The third kappa shape index (κ3) is 2.48. The molecule has 5 rings (SSSR count). The molecule has 0 saturated carbocycles. The molecule has 0 aromatic heterocycles. The van der Waals surface area contributed by atoms with Gasteiger partial charge < -0.3 is 14.2 Å². The number of nitrogens with zero attached hydrogens (tertiary/aromatic N) is 1. The monoisotopic (exact) mass is 363 g/mol. The first-order valence-electron chi connectivity index (χ1n) is 8.81. The number of anilines is 1. The molecular formula is C21H17NO5. The molecule has 0 radical (unpaired) electrons. The highest BCUT2D eigenvalue weighted by Crippen LogP contribution is 2.44. The molecule has 6 nitrogen and oxygen atoms in total. The summed E-state index contributed by atoms with van der Waals surface area (Å²) in [6, 6.07) is 13.2. The number of fused-ring (bicyclic) bond motifs is 1. The minimum absolute atomic E-state index is 0.0569. The van der Waals surface area contributed by atoms with Crippen LogP contribution < -0.4 is 14.4 Å². The van der Waals surface area contributed by atoms with Crippen LogP contribution in [-0.4, -0.2) is 25.3 Å². The first-order valence-corrected chi connectivity index (χ1v) is 8.81. The maximum absolute atomic E-state index is 13.0. The molecule has 0 saturated heterocycles. The summed E-state index contributed by atoms with van der Waals surface area (Å²) in [4.78, 5) is 27.1. The SMILES string of the molecule is Cc1ccc(N2C(=O)C[C@H](c3ccc4c(c3)OCO4)C3=C2COC3=O)cc1. The lowest BCUT2D eigenvalue weighted by Gasteiger charge is -2.32. The molecule has 0 aliphatic carbocycles. The summed E-state index contributed by atoms with van der Waals surface area (Å²) < 4.78 is 16.1. The number of carbonyl (C=O) groups is 2. The Morgan fingerprint density at radius 3 is 2.56 bits per heavy atom. The number of cyclic esters (lactones) is 1. The summed E-state index contributed by atoms with van der Waals surface area (Å²) >= 11 is 0. The summed E-state index contributed by atoms with van der Waals surface area (Å²) in [5.74, 6) is 0.536. The molecule has 0 bridgehead atoms. The minimum Gasteiger partial charge on any atom is -0.456 e. The van der Waals surface area contributed by atoms with E-state index in [2.05, 4.69) is 0 Å². The van der Waals surface area contributed by atoms with E-state index in [9.17, 15) is 9.59 Å². The highest BCUT2D eigenvalue weighted by Gasteiger charge is 2.43. The molecule has 3 aliphatic heterocycles. The maximum Gasteiger partial charge on any atom is 0.336 e. The molecule has 1 amide bonds. The van der Waals surface area contributed by atoms with Crippen molar-refractivity contribution in [1.29, 1.82) is 0 Å². The average Bonchev–Trinajstić information content (AvgIpc) is 3.28. The van der Waals surface area contributed by atoms with Crippen molar-refractivity contribution in [3.63, 3.8) is 0 Å². The molecule has 27 heavy (non-hydrogen) atoms. The number of hydrogen-bond donors (Lipinski definition) is 0. The number of rotatable bonds is 2. The van der Waals surface area contributed by atoms with Gasteiger partial charge in [0.1, 0.15) is 6.61 Å². The van der Waals surface area contributed by atoms with Gasteiger partial charge in [-0.25, -0.2) is 4.79 Å². The predicted octanol–water partition coefficient (Wildman–Crippen LogP) is 3.06. The fraction of sp³-hybridized carbons (Fsp3) is 0.238. The van der Waals surface area contributed by atoms with Crippen LogP contribution in [0.25, 0.3) is 0 Å². The van der Waals surface area contributed by atoms with Crippen molar-refractivity contribution >= 4 is 17.6 Å². The van der Waals surface area contributed by atoms with Gasteiger partial charge in [0, 0.05) is 18.0 Å². The summed E-state index contributed by atoms with van der Waals surface area (Å²) in [6.07, 6.45) is 0.196. The average molecular weight is 363 g/mol. The van der Waals surface area contributed by atoms with E-state index in [1.807, 2.05) is 49.4 Å². The Hall–Kier alpha value is -3.28. The Balaban J connectivity index is 1.60. The fourth-order valence-electron chi connectivity index (χ4n) is 3.86. The molecule has 0 fully saturated rings. The van der Waals surface area contributed by atoms with Crippen LogP contribution in [-0.2, 0) is 14.3 Å². The normalized spacial score (nSPS) is 20.8. The van der Waals surface area contributed by atoms with Gasteiger partial charge in [0.2, 0.25) is 12.7 Å². The predicted molar refractivity (Wildman–Crippen MR) is 96.6 cm³/mol. The van der Waals surface area contributed by atoms with E-state index < -0.39 is 0 Å². The molecule has 3 aliphatic rings. The quantitative estimate of drug-likeness (QED) is 0.768. The van der Waals surface area contributed by atoms with Crippen LogP contribution in [0.2, 0.25) is 0 Å².